The van der Waals surface area contributed by atoms with Gasteiger partial charge in [-0.15, -0.1) is 0 Å². The van der Waals surface area contributed by atoms with Crippen molar-refractivity contribution in [2.75, 3.05) is 19.8 Å². The molecule has 17 nitrogen and oxygen atoms in total. The average Bonchev–Trinajstić information content (AvgIpc) is 2.96. The first-order valence-corrected chi connectivity index (χ1v) is 13.5. The van der Waals surface area contributed by atoms with Crippen LogP contribution in [0.3, 0.4) is 0 Å². The summed E-state index contributed by atoms with van der Waals surface area (Å²) in [5.41, 5.74) is 5.74. The van der Waals surface area contributed by atoms with Crippen LogP contribution in [0.2, 0.25) is 0 Å². The molecular formula is C24H45NO16. The Hall–Kier alpha value is -0.970. The minimum Gasteiger partial charge on any atom is -0.394 e. The number of carbonyl (C=O) groups excluding carboxylic acids is 1. The Bertz CT molecular complexity index is 778. The second kappa shape index (κ2) is 16.8. The summed E-state index contributed by atoms with van der Waals surface area (Å²) in [6.07, 6.45) is -22.3. The number of unbranched alkanes of at least 4 members (excludes halogenated alkanes) is 2. The molecule has 13 N–H and O–H groups in total. The molecule has 2 heterocycles. The van der Waals surface area contributed by atoms with Crippen molar-refractivity contribution in [1.29, 1.82) is 0 Å². The Kier molecular flexibility index (Phi) is 14.8. The molecule has 2 fully saturated rings. The molecule has 1 unspecified atom stereocenters. The molecule has 0 saturated carbocycles. The lowest BCUT2D eigenvalue weighted by Gasteiger charge is -2.42. The molecule has 17 heteroatoms. The molecule has 15 atom stereocenters. The van der Waals surface area contributed by atoms with Gasteiger partial charge < -0.3 is 80.9 Å². The van der Waals surface area contributed by atoms with Crippen LogP contribution in [0.4, 0.5) is 0 Å². The zero-order valence-corrected chi connectivity index (χ0v) is 22.6. The number of aliphatic hydroxyl groups excluding tert-OH is 11. The molecule has 242 valence electrons. The minimum absolute atomic E-state index is 0.255. The van der Waals surface area contributed by atoms with Gasteiger partial charge in [0.2, 0.25) is 0 Å². The third-order valence-electron chi connectivity index (χ3n) is 7.22. The maximum atomic E-state index is 12.3. The van der Waals surface area contributed by atoms with Gasteiger partial charge in [-0.3, -0.25) is 4.79 Å². The van der Waals surface area contributed by atoms with Gasteiger partial charge in [-0.2, -0.15) is 0 Å². The van der Waals surface area contributed by atoms with Crippen molar-refractivity contribution in [3.8, 4) is 0 Å². The highest BCUT2D eigenvalue weighted by molar-refractivity contribution is 5.88. The Morgan fingerprint density at radius 2 is 1.32 bits per heavy atom. The van der Waals surface area contributed by atoms with Crippen LogP contribution in [-0.2, 0) is 23.7 Å². The van der Waals surface area contributed by atoms with Gasteiger partial charge in [0.05, 0.1) is 25.9 Å². The van der Waals surface area contributed by atoms with Gasteiger partial charge in [0.1, 0.15) is 73.2 Å². The van der Waals surface area contributed by atoms with Crippen LogP contribution < -0.4 is 5.73 Å². The van der Waals surface area contributed by atoms with E-state index >= 15 is 0 Å². The molecular weight excluding hydrogens is 558 g/mol. The third kappa shape index (κ3) is 9.26. The Morgan fingerprint density at radius 3 is 1.88 bits per heavy atom. The number of ether oxygens (including phenoxy) is 4. The van der Waals surface area contributed by atoms with Crippen LogP contribution in [0.1, 0.15) is 32.6 Å². The fraction of sp³-hybridized carbons (Fsp3) is 0.958. The number of aliphatic hydroxyl groups is 11. The summed E-state index contributed by atoms with van der Waals surface area (Å²) in [5.74, 6) is -0.925. The monoisotopic (exact) mass is 603 g/mol. The number of carbonyl (C=O) groups is 1. The van der Waals surface area contributed by atoms with Gasteiger partial charge >= 0.3 is 0 Å². The second-order valence-corrected chi connectivity index (χ2v) is 10.4. The van der Waals surface area contributed by atoms with Crippen molar-refractivity contribution >= 4 is 5.78 Å². The van der Waals surface area contributed by atoms with Crippen molar-refractivity contribution in [1.82, 2.24) is 0 Å². The van der Waals surface area contributed by atoms with Crippen LogP contribution >= 0.6 is 0 Å². The van der Waals surface area contributed by atoms with Crippen LogP contribution in [0.15, 0.2) is 0 Å². The Morgan fingerprint density at radius 1 is 0.780 bits per heavy atom. The zero-order chi connectivity index (χ0) is 31.0. The quantitative estimate of drug-likeness (QED) is 0.0730. The molecule has 2 aliphatic heterocycles. The highest BCUT2D eigenvalue weighted by Crippen LogP contribution is 2.26. The van der Waals surface area contributed by atoms with Gasteiger partial charge in [-0.1, -0.05) is 26.2 Å². The van der Waals surface area contributed by atoms with Crippen LogP contribution in [0.25, 0.3) is 0 Å². The van der Waals surface area contributed by atoms with Crippen molar-refractivity contribution in [2.45, 2.75) is 124 Å². The number of rotatable bonds is 16. The van der Waals surface area contributed by atoms with Crippen molar-refractivity contribution in [2.24, 2.45) is 5.73 Å². The minimum atomic E-state index is -2.14. The first-order chi connectivity index (χ1) is 19.3. The van der Waals surface area contributed by atoms with Crippen molar-refractivity contribution in [3.05, 3.63) is 0 Å². The molecule has 0 bridgehead atoms. The molecule has 0 amide bonds. The molecule has 0 aromatic rings. The lowest BCUT2D eigenvalue weighted by atomic mass is 9.94. The summed E-state index contributed by atoms with van der Waals surface area (Å²) in [7, 11) is 0. The molecule has 0 aliphatic carbocycles. The second-order valence-electron chi connectivity index (χ2n) is 10.4. The number of hydrogen-bond acceptors (Lipinski definition) is 17. The Balaban J connectivity index is 1.93. The summed E-state index contributed by atoms with van der Waals surface area (Å²) in [4.78, 5) is 12.3. The summed E-state index contributed by atoms with van der Waals surface area (Å²) < 4.78 is 21.1. The highest BCUT2D eigenvalue weighted by Gasteiger charge is 2.48. The maximum Gasteiger partial charge on any atom is 0.186 e. The van der Waals surface area contributed by atoms with Gasteiger partial charge in [-0.25, -0.2) is 0 Å². The van der Waals surface area contributed by atoms with E-state index in [1.807, 2.05) is 6.92 Å². The van der Waals surface area contributed by atoms with Crippen molar-refractivity contribution < 1.29 is 79.9 Å². The first-order valence-electron chi connectivity index (χ1n) is 13.5. The van der Waals surface area contributed by atoms with Crippen LogP contribution in [0.5, 0.6) is 0 Å². The van der Waals surface area contributed by atoms with Gasteiger partial charge in [-0.05, 0) is 6.42 Å². The first kappa shape index (κ1) is 36.2. The number of hydrogen-bond donors (Lipinski definition) is 12. The standard InChI is InChI=1S/C24H45NO16/c1-2-3-4-5-9(25)13(28)17(32)18(33)14(29)10(27)7-38-23-22(37)20(35)16(31)12(41-23)8-39-24-21(36)19(34)15(30)11(6-26)40-24/h9-12,14-24,26-27,29-37H,2-8,25H2,1H3/t9?,10-,11-,12-,14-,15-,16-,17+,18+,19+,20+,21-,22-,23+,24+/m1/s1. The van der Waals surface area contributed by atoms with E-state index in [-0.39, 0.29) is 6.42 Å². The van der Waals surface area contributed by atoms with E-state index in [0.29, 0.717) is 6.42 Å². The molecule has 2 rings (SSSR count). The summed E-state index contributed by atoms with van der Waals surface area (Å²) in [6.45, 7) is -0.227. The topological polar surface area (TPSA) is 303 Å². The summed E-state index contributed by atoms with van der Waals surface area (Å²) >= 11 is 0. The molecule has 41 heavy (non-hydrogen) atoms. The molecule has 0 radical (unpaired) electrons. The average molecular weight is 604 g/mol. The smallest absolute Gasteiger partial charge is 0.186 e. The van der Waals surface area contributed by atoms with E-state index in [1.165, 1.54) is 0 Å². The molecule has 2 saturated heterocycles. The van der Waals surface area contributed by atoms with E-state index in [9.17, 15) is 61.0 Å². The zero-order valence-electron chi connectivity index (χ0n) is 22.6. The normalized spacial score (nSPS) is 38.2. The largest absolute Gasteiger partial charge is 0.394 e. The number of nitrogens with two attached hydrogens (primary N) is 1. The summed E-state index contributed by atoms with van der Waals surface area (Å²) in [6, 6.07) is -1.09. The third-order valence-corrected chi connectivity index (χ3v) is 7.22. The lowest BCUT2D eigenvalue weighted by molar-refractivity contribution is -0.333. The number of ketones is 1. The predicted molar refractivity (Wildman–Crippen MR) is 134 cm³/mol. The Labute approximate surface area is 236 Å². The SMILES string of the molecule is CCCCCC(N)C(=O)[C@H](O)[C@@H](O)[C@H](O)[C@H](O)CO[C@H]1O[C@H](CO[C@H]2O[C@H](CO)[C@@H](O)[C@H](O)[C@H]2O)[C@@H](O)[C@H](O)[C@H]1O. The fourth-order valence-corrected chi connectivity index (χ4v) is 4.44. The summed E-state index contributed by atoms with van der Waals surface area (Å²) in [5, 5.41) is 111. The lowest BCUT2D eigenvalue weighted by Crippen LogP contribution is -2.62. The van der Waals surface area contributed by atoms with Crippen LogP contribution in [0, 0.1) is 0 Å². The molecule has 0 aromatic carbocycles. The van der Waals surface area contributed by atoms with E-state index in [0.717, 1.165) is 12.8 Å². The van der Waals surface area contributed by atoms with E-state index in [1.54, 1.807) is 0 Å². The van der Waals surface area contributed by atoms with E-state index < -0.39 is 117 Å². The van der Waals surface area contributed by atoms with E-state index in [4.69, 9.17) is 24.7 Å². The fourth-order valence-electron chi connectivity index (χ4n) is 4.44. The predicted octanol–water partition coefficient (Wildman–Crippen LogP) is -6.45. The van der Waals surface area contributed by atoms with E-state index in [2.05, 4.69) is 0 Å². The van der Waals surface area contributed by atoms with Gasteiger partial charge in [0.25, 0.3) is 0 Å². The molecule has 0 spiro atoms. The van der Waals surface area contributed by atoms with Crippen LogP contribution in [-0.4, -0.2) is 174 Å². The molecule has 0 aromatic heterocycles. The van der Waals surface area contributed by atoms with Gasteiger partial charge in [0.15, 0.2) is 18.4 Å². The van der Waals surface area contributed by atoms with Crippen molar-refractivity contribution in [3.63, 3.8) is 0 Å². The van der Waals surface area contributed by atoms with Gasteiger partial charge in [0, 0.05) is 0 Å². The highest BCUT2D eigenvalue weighted by atomic mass is 16.7. The molecule has 2 aliphatic rings. The maximum absolute atomic E-state index is 12.3. The number of Topliss-reactive ketones (excluding diaryl/α,β-unsaturated/α-hetero) is 1.